The number of carboxylic acid groups (broad SMARTS) is 1. The van der Waals surface area contributed by atoms with E-state index in [1.807, 2.05) is 6.07 Å². The molecule has 0 N–H and O–H groups in total. The SMILES string of the molecule is CC(=O)[O-].COC(=O)c1ccc(CBr)c(Br)c1.COC(=O)c1ccc(COC(C)=O)c(Br)c1.[K+]. The summed E-state index contributed by atoms with van der Waals surface area (Å²) in [6, 6.07) is 10.3. The van der Waals surface area contributed by atoms with E-state index in [-0.39, 0.29) is 69.9 Å². The van der Waals surface area contributed by atoms with E-state index in [4.69, 9.17) is 14.6 Å². The molecule has 2 rings (SSSR count). The molecule has 0 saturated carbocycles. The van der Waals surface area contributed by atoms with E-state index in [0.29, 0.717) is 15.6 Å². The van der Waals surface area contributed by atoms with E-state index >= 15 is 0 Å². The summed E-state index contributed by atoms with van der Waals surface area (Å²) in [5, 5.41) is 9.65. The molecule has 0 atom stereocenters. The van der Waals surface area contributed by atoms with Crippen molar-refractivity contribution in [3.05, 3.63) is 67.6 Å². The van der Waals surface area contributed by atoms with Gasteiger partial charge in [0.05, 0.1) is 25.3 Å². The minimum Gasteiger partial charge on any atom is -0.550 e. The maximum atomic E-state index is 11.2. The number of halogens is 3. The minimum absolute atomic E-state index is 0. The molecule has 2 aromatic rings. The standard InChI is InChI=1S/C11H11BrO4.C9H8Br2O2.C2H4O2.K/c1-7(13)16-6-9-4-3-8(5-10(9)12)11(14)15-2;1-13-9(12)6-2-3-7(5-10)8(11)4-6;1-2(3)4;/h3-5H,6H2,1-2H3;2-4H,5H2,1H3;1H3,(H,3,4);/q;;;+1/p-1. The van der Waals surface area contributed by atoms with Crippen LogP contribution < -0.4 is 56.5 Å². The average molecular weight is 693 g/mol. The molecular formula is C22H22Br3KO8. The molecule has 0 heterocycles. The first-order chi connectivity index (χ1) is 15.5. The van der Waals surface area contributed by atoms with Crippen LogP contribution in [0.25, 0.3) is 0 Å². The summed E-state index contributed by atoms with van der Waals surface area (Å²) in [4.78, 5) is 41.9. The molecule has 34 heavy (non-hydrogen) atoms. The number of hydrogen-bond donors (Lipinski definition) is 0. The molecular weight excluding hydrogens is 671 g/mol. The normalized spacial score (nSPS) is 9.03. The minimum atomic E-state index is -1.08. The molecule has 0 aliphatic rings. The van der Waals surface area contributed by atoms with Gasteiger partial charge in [0.15, 0.2) is 0 Å². The molecule has 0 aliphatic heterocycles. The van der Waals surface area contributed by atoms with Crippen molar-refractivity contribution in [2.75, 3.05) is 14.2 Å². The van der Waals surface area contributed by atoms with Crippen LogP contribution in [0.2, 0.25) is 0 Å². The number of aliphatic carboxylic acids is 1. The Hall–Kier alpha value is -0.604. The fourth-order valence-electron chi connectivity index (χ4n) is 1.99. The zero-order valence-electron chi connectivity index (χ0n) is 19.3. The van der Waals surface area contributed by atoms with Crippen molar-refractivity contribution in [3.63, 3.8) is 0 Å². The molecule has 0 aromatic heterocycles. The van der Waals surface area contributed by atoms with Crippen molar-refractivity contribution >= 4 is 71.7 Å². The number of methoxy groups -OCH3 is 2. The molecule has 8 nitrogen and oxygen atoms in total. The molecule has 2 aromatic carbocycles. The van der Waals surface area contributed by atoms with Gasteiger partial charge in [-0.25, -0.2) is 9.59 Å². The predicted molar refractivity (Wildman–Crippen MR) is 130 cm³/mol. The second kappa shape index (κ2) is 19.6. The Labute approximate surface area is 265 Å². The van der Waals surface area contributed by atoms with Gasteiger partial charge in [-0.15, -0.1) is 0 Å². The molecule has 12 heteroatoms. The van der Waals surface area contributed by atoms with Crippen LogP contribution in [0, 0.1) is 0 Å². The van der Waals surface area contributed by atoms with Gasteiger partial charge < -0.3 is 24.1 Å². The Morgan fingerprint density at radius 1 is 0.824 bits per heavy atom. The molecule has 0 spiro atoms. The molecule has 0 saturated heterocycles. The van der Waals surface area contributed by atoms with Crippen LogP contribution in [0.3, 0.4) is 0 Å². The first kappa shape index (κ1) is 35.6. The largest absolute Gasteiger partial charge is 1.00 e. The van der Waals surface area contributed by atoms with E-state index in [9.17, 15) is 14.4 Å². The number of benzene rings is 2. The van der Waals surface area contributed by atoms with Crippen LogP contribution in [0.4, 0.5) is 0 Å². The maximum absolute atomic E-state index is 11.2. The van der Waals surface area contributed by atoms with Gasteiger partial charge in [0.25, 0.3) is 0 Å². The van der Waals surface area contributed by atoms with E-state index in [1.165, 1.54) is 21.1 Å². The topological polar surface area (TPSA) is 119 Å². The Kier molecular flexibility index (Phi) is 20.5. The molecule has 0 unspecified atom stereocenters. The maximum Gasteiger partial charge on any atom is 1.00 e. The molecule has 0 fully saturated rings. The third-order valence-corrected chi connectivity index (χ3v) is 5.60. The van der Waals surface area contributed by atoms with Gasteiger partial charge in [0.2, 0.25) is 0 Å². The molecule has 0 bridgehead atoms. The van der Waals surface area contributed by atoms with E-state index in [2.05, 4.69) is 57.3 Å². The van der Waals surface area contributed by atoms with Crippen molar-refractivity contribution in [3.8, 4) is 0 Å². The summed E-state index contributed by atoms with van der Waals surface area (Å²) >= 11 is 10.0. The Bertz CT molecular complexity index is 979. The van der Waals surface area contributed by atoms with E-state index in [0.717, 1.165) is 27.9 Å². The quantitative estimate of drug-likeness (QED) is 0.199. The Morgan fingerprint density at radius 3 is 1.50 bits per heavy atom. The number of rotatable bonds is 5. The zero-order valence-corrected chi connectivity index (χ0v) is 27.2. The Morgan fingerprint density at radius 2 is 1.21 bits per heavy atom. The van der Waals surface area contributed by atoms with Crippen molar-refractivity contribution in [1.82, 2.24) is 0 Å². The van der Waals surface area contributed by atoms with Crippen LogP contribution >= 0.6 is 47.8 Å². The number of hydrogen-bond acceptors (Lipinski definition) is 8. The second-order valence-corrected chi connectivity index (χ2v) is 8.27. The number of carboxylic acids is 1. The molecule has 180 valence electrons. The fourth-order valence-corrected chi connectivity index (χ4v) is 3.87. The van der Waals surface area contributed by atoms with Crippen LogP contribution in [0.15, 0.2) is 45.3 Å². The van der Waals surface area contributed by atoms with E-state index < -0.39 is 11.9 Å². The summed E-state index contributed by atoms with van der Waals surface area (Å²) in [5.74, 6) is -2.15. The van der Waals surface area contributed by atoms with Gasteiger partial charge in [-0.1, -0.05) is 59.9 Å². The first-order valence-corrected chi connectivity index (χ1v) is 11.8. The smallest absolute Gasteiger partial charge is 0.550 e. The van der Waals surface area contributed by atoms with Gasteiger partial charge >= 0.3 is 69.3 Å². The van der Waals surface area contributed by atoms with Crippen LogP contribution in [0.5, 0.6) is 0 Å². The van der Waals surface area contributed by atoms with Crippen LogP contribution in [0.1, 0.15) is 45.7 Å². The fraction of sp³-hybridized carbons (Fsp3) is 0.273. The molecule has 0 aliphatic carbocycles. The van der Waals surface area contributed by atoms with Crippen molar-refractivity contribution in [1.29, 1.82) is 0 Å². The van der Waals surface area contributed by atoms with Gasteiger partial charge in [-0.3, -0.25) is 4.79 Å². The summed E-state index contributed by atoms with van der Waals surface area (Å²) in [6.45, 7) is 2.49. The van der Waals surface area contributed by atoms with Crippen molar-refractivity contribution in [2.45, 2.75) is 25.8 Å². The number of carbonyl (C=O) groups is 4. The summed E-state index contributed by atoms with van der Waals surface area (Å²) in [7, 11) is 2.69. The summed E-state index contributed by atoms with van der Waals surface area (Å²) in [5.41, 5.74) is 2.90. The number of alkyl halides is 1. The predicted octanol–water partition coefficient (Wildman–Crippen LogP) is 1.19. The molecule has 0 radical (unpaired) electrons. The second-order valence-electron chi connectivity index (χ2n) is 6.00. The molecule has 0 amide bonds. The average Bonchev–Trinajstić information content (AvgIpc) is 2.77. The first-order valence-electron chi connectivity index (χ1n) is 9.07. The van der Waals surface area contributed by atoms with Crippen molar-refractivity contribution < 1.29 is 89.9 Å². The number of ether oxygens (including phenoxy) is 3. The van der Waals surface area contributed by atoms with Gasteiger partial charge in [-0.2, -0.15) is 0 Å². The zero-order chi connectivity index (χ0) is 25.6. The van der Waals surface area contributed by atoms with E-state index in [1.54, 1.807) is 30.3 Å². The van der Waals surface area contributed by atoms with Crippen molar-refractivity contribution in [2.24, 2.45) is 0 Å². The summed E-state index contributed by atoms with van der Waals surface area (Å²) < 4.78 is 15.6. The third kappa shape index (κ3) is 14.7. The van der Waals surface area contributed by atoms with Gasteiger partial charge in [-0.05, 0) is 36.8 Å². The Balaban J connectivity index is 0. The van der Waals surface area contributed by atoms with Gasteiger partial charge in [0.1, 0.15) is 6.61 Å². The number of esters is 3. The van der Waals surface area contributed by atoms with Crippen LogP contribution in [-0.4, -0.2) is 38.1 Å². The van der Waals surface area contributed by atoms with Gasteiger partial charge in [0, 0.05) is 32.7 Å². The summed E-state index contributed by atoms with van der Waals surface area (Å²) in [6.07, 6.45) is 0. The monoisotopic (exact) mass is 690 g/mol. The third-order valence-electron chi connectivity index (χ3n) is 3.52. The number of carbonyl (C=O) groups excluding carboxylic acids is 4. The van der Waals surface area contributed by atoms with Crippen LogP contribution in [-0.2, 0) is 35.7 Å².